The van der Waals surface area contributed by atoms with Crippen LogP contribution in [0.1, 0.15) is 34.1 Å². The Hall–Kier alpha value is -1.92. The Bertz CT molecular complexity index is 921. The first kappa shape index (κ1) is 25.7. The summed E-state index contributed by atoms with van der Waals surface area (Å²) in [6.45, 7) is 9.66. The summed E-state index contributed by atoms with van der Waals surface area (Å²) < 4.78 is 39.4. The molecule has 3 aliphatic rings. The van der Waals surface area contributed by atoms with Gasteiger partial charge in [0.1, 0.15) is 12.3 Å². The zero-order chi connectivity index (χ0) is 24.6. The molecule has 0 saturated carbocycles. The van der Waals surface area contributed by atoms with Gasteiger partial charge in [-0.05, 0) is 27.2 Å². The summed E-state index contributed by atoms with van der Waals surface area (Å²) in [5.41, 5.74) is -2.02. The number of imide groups is 1. The van der Waals surface area contributed by atoms with Crippen molar-refractivity contribution in [2.75, 3.05) is 19.9 Å². The fourth-order valence-corrected chi connectivity index (χ4v) is 5.25. The highest BCUT2D eigenvalue weighted by atomic mass is 31.2. The molecule has 3 amide bonds. The molecule has 0 radical (unpaired) electrons. The predicted molar refractivity (Wildman–Crippen MR) is 112 cm³/mol. The Balaban J connectivity index is 1.78. The number of phosphoric ester groups is 1. The predicted octanol–water partition coefficient (Wildman–Crippen LogP) is 1.71. The molecule has 13 heteroatoms. The summed E-state index contributed by atoms with van der Waals surface area (Å²) in [5, 5.41) is 13.9. The molecule has 184 valence electrons. The zero-order valence-corrected chi connectivity index (χ0v) is 19.9. The van der Waals surface area contributed by atoms with Gasteiger partial charge in [-0.3, -0.25) is 23.2 Å². The number of carbonyl (C=O) groups is 3. The Labute approximate surface area is 191 Å². The van der Waals surface area contributed by atoms with Crippen molar-refractivity contribution >= 4 is 25.7 Å². The van der Waals surface area contributed by atoms with E-state index >= 15 is 0 Å². The number of fused-ring (bicyclic) bond motifs is 1. The number of esters is 1. The third kappa shape index (κ3) is 4.69. The molecule has 0 aromatic rings. The number of ether oxygens (including phenoxy) is 2. The second-order valence-corrected chi connectivity index (χ2v) is 10.2. The van der Waals surface area contributed by atoms with Crippen LogP contribution in [0.15, 0.2) is 24.4 Å². The highest BCUT2D eigenvalue weighted by molar-refractivity contribution is 7.48. The molecule has 3 aliphatic heterocycles. The molecule has 2 fully saturated rings. The maximum Gasteiger partial charge on any atom is 0.475 e. The van der Waals surface area contributed by atoms with Crippen molar-refractivity contribution in [2.45, 2.75) is 58.2 Å². The van der Waals surface area contributed by atoms with E-state index in [-0.39, 0.29) is 38.0 Å². The SMILES string of the molecule is C=C(C)[C@@]1(O)[C@@H]2OP(=O)(OCC[C@@H](C)C(=O)OC(C)C)OC[C@H]2OC[N+]12C=CC(=O)NC2=O. The van der Waals surface area contributed by atoms with Crippen LogP contribution < -0.4 is 5.32 Å². The largest absolute Gasteiger partial charge is 0.475 e. The van der Waals surface area contributed by atoms with E-state index < -0.39 is 54.1 Å². The number of urea groups is 1. The van der Waals surface area contributed by atoms with E-state index in [1.807, 2.05) is 0 Å². The zero-order valence-electron chi connectivity index (χ0n) is 19.0. The van der Waals surface area contributed by atoms with E-state index in [0.29, 0.717) is 0 Å². The number of hydrogen-bond donors (Lipinski definition) is 2. The fourth-order valence-electron chi connectivity index (χ4n) is 3.83. The van der Waals surface area contributed by atoms with Crippen molar-refractivity contribution in [3.8, 4) is 0 Å². The van der Waals surface area contributed by atoms with E-state index in [4.69, 9.17) is 23.0 Å². The fraction of sp³-hybridized carbons (Fsp3) is 0.650. The summed E-state index contributed by atoms with van der Waals surface area (Å²) in [6.07, 6.45) is -0.0514. The van der Waals surface area contributed by atoms with Gasteiger partial charge in [-0.15, -0.1) is 0 Å². The van der Waals surface area contributed by atoms with Gasteiger partial charge in [0.05, 0.1) is 31.3 Å². The molecule has 2 N–H and O–H groups in total. The van der Waals surface area contributed by atoms with Crippen molar-refractivity contribution < 1.29 is 51.6 Å². The Morgan fingerprint density at radius 2 is 2.12 bits per heavy atom. The number of aliphatic hydroxyl groups is 1. The molecule has 33 heavy (non-hydrogen) atoms. The van der Waals surface area contributed by atoms with Gasteiger partial charge < -0.3 is 14.6 Å². The molecule has 2 saturated heterocycles. The van der Waals surface area contributed by atoms with Gasteiger partial charge in [0, 0.05) is 5.57 Å². The van der Waals surface area contributed by atoms with Gasteiger partial charge in [0.15, 0.2) is 12.8 Å². The summed E-state index contributed by atoms with van der Waals surface area (Å²) in [5.74, 6) is -1.59. The van der Waals surface area contributed by atoms with Crippen molar-refractivity contribution in [2.24, 2.45) is 5.92 Å². The van der Waals surface area contributed by atoms with Gasteiger partial charge in [-0.2, -0.15) is 4.48 Å². The number of phosphoric acid groups is 1. The van der Waals surface area contributed by atoms with Gasteiger partial charge >= 0.3 is 19.8 Å². The number of amides is 3. The smallest absolute Gasteiger partial charge is 0.463 e. The number of quaternary nitrogens is 1. The van der Waals surface area contributed by atoms with E-state index in [9.17, 15) is 24.1 Å². The van der Waals surface area contributed by atoms with Gasteiger partial charge in [-0.1, -0.05) is 13.5 Å². The van der Waals surface area contributed by atoms with E-state index in [1.165, 1.54) is 13.1 Å². The normalized spacial score (nSPS) is 36.9. The molecule has 3 heterocycles. The highest BCUT2D eigenvalue weighted by Crippen LogP contribution is 2.58. The molecular weight excluding hydrogens is 459 g/mol. The standard InChI is InChI=1S/C20H29N2O10P/c1-12(2)20(26)17-15(28-11-22(20)8-6-16(23)21-19(22)25)10-30-33(27,32-17)29-9-7-14(5)18(24)31-13(3)4/h6,8,13-15,17,26H,1,7,9-11H2,2-5H3/p+1/t14-,15-,17-,20-,22?,33?/m1/s1. The van der Waals surface area contributed by atoms with E-state index in [0.717, 1.165) is 6.08 Å². The van der Waals surface area contributed by atoms with Crippen molar-refractivity contribution in [1.82, 2.24) is 5.32 Å². The Kier molecular flexibility index (Phi) is 7.30. The van der Waals surface area contributed by atoms with Crippen LogP contribution >= 0.6 is 7.82 Å². The first-order chi connectivity index (χ1) is 15.3. The third-order valence-electron chi connectivity index (χ3n) is 5.73. The molecule has 0 aliphatic carbocycles. The number of hydrogen-bond acceptors (Lipinski definition) is 10. The monoisotopic (exact) mass is 489 g/mol. The molecule has 12 nitrogen and oxygen atoms in total. The summed E-state index contributed by atoms with van der Waals surface area (Å²) in [7, 11) is -4.20. The van der Waals surface area contributed by atoms with Crippen molar-refractivity contribution in [3.63, 3.8) is 0 Å². The molecule has 0 aromatic heterocycles. The first-order valence-corrected chi connectivity index (χ1v) is 12.0. The van der Waals surface area contributed by atoms with Crippen LogP contribution in [0, 0.1) is 5.92 Å². The Morgan fingerprint density at radius 1 is 1.42 bits per heavy atom. The van der Waals surface area contributed by atoms with Crippen LogP contribution in [0.2, 0.25) is 0 Å². The topological polar surface area (TPSA) is 147 Å². The number of carbonyl (C=O) groups excluding carboxylic acids is 3. The Morgan fingerprint density at radius 3 is 2.73 bits per heavy atom. The molecule has 6 atom stereocenters. The second-order valence-electron chi connectivity index (χ2n) is 8.60. The van der Waals surface area contributed by atoms with Crippen LogP contribution in [0.3, 0.4) is 0 Å². The van der Waals surface area contributed by atoms with E-state index in [1.54, 1.807) is 20.8 Å². The van der Waals surface area contributed by atoms with E-state index in [2.05, 4.69) is 11.9 Å². The minimum Gasteiger partial charge on any atom is -0.463 e. The van der Waals surface area contributed by atoms with Crippen LogP contribution in [0.5, 0.6) is 0 Å². The number of nitrogens with zero attached hydrogens (tertiary/aromatic N) is 1. The minimum atomic E-state index is -4.20. The lowest BCUT2D eigenvalue weighted by molar-refractivity contribution is -0.914. The molecule has 0 aromatic carbocycles. The van der Waals surface area contributed by atoms with Gasteiger partial charge in [-0.25, -0.2) is 14.7 Å². The molecular formula is C20H30N2O10P+. The van der Waals surface area contributed by atoms with Crippen molar-refractivity contribution in [3.05, 3.63) is 24.4 Å². The summed E-state index contributed by atoms with van der Waals surface area (Å²) in [6, 6.07) is -0.852. The summed E-state index contributed by atoms with van der Waals surface area (Å²) in [4.78, 5) is 36.4. The third-order valence-corrected chi connectivity index (χ3v) is 7.18. The molecule has 3 rings (SSSR count). The van der Waals surface area contributed by atoms with Crippen LogP contribution in [-0.4, -0.2) is 71.5 Å². The van der Waals surface area contributed by atoms with Crippen LogP contribution in [0.4, 0.5) is 4.79 Å². The molecule has 2 unspecified atom stereocenters. The second kappa shape index (κ2) is 9.38. The van der Waals surface area contributed by atoms with Crippen molar-refractivity contribution in [1.29, 1.82) is 0 Å². The maximum atomic E-state index is 13.2. The first-order valence-electron chi connectivity index (χ1n) is 10.5. The van der Waals surface area contributed by atoms with Gasteiger partial charge in [0.2, 0.25) is 0 Å². The van der Waals surface area contributed by atoms with Crippen LogP contribution in [0.25, 0.3) is 0 Å². The van der Waals surface area contributed by atoms with Crippen LogP contribution in [-0.2, 0) is 37.2 Å². The quantitative estimate of drug-likeness (QED) is 0.234. The number of rotatable bonds is 7. The lowest BCUT2D eigenvalue weighted by atomic mass is 9.89. The lowest BCUT2D eigenvalue weighted by Gasteiger charge is -2.54. The average molecular weight is 489 g/mol. The molecule has 0 bridgehead atoms. The molecule has 1 spiro atoms. The number of nitrogens with one attached hydrogen (secondary N) is 1. The average Bonchev–Trinajstić information content (AvgIpc) is 2.72. The highest BCUT2D eigenvalue weighted by Gasteiger charge is 2.70. The van der Waals surface area contributed by atoms with Gasteiger partial charge in [0.25, 0.3) is 11.6 Å². The summed E-state index contributed by atoms with van der Waals surface area (Å²) >= 11 is 0. The lowest BCUT2D eigenvalue weighted by Crippen LogP contribution is -2.79. The maximum absolute atomic E-state index is 13.2. The minimum absolute atomic E-state index is 0.119.